The molecule has 2 heterocycles. The normalized spacial score (nSPS) is 10.7. The highest BCUT2D eigenvalue weighted by molar-refractivity contribution is 7.98. The number of nitrogens with two attached hydrogens (primary N) is 1. The highest BCUT2D eigenvalue weighted by Crippen LogP contribution is 2.28. The van der Waals surface area contributed by atoms with E-state index in [1.807, 2.05) is 12.1 Å². The zero-order valence-corrected chi connectivity index (χ0v) is 18.6. The number of hydrogen-bond donors (Lipinski definition) is 2. The third-order valence-electron chi connectivity index (χ3n) is 4.44. The van der Waals surface area contributed by atoms with Crippen molar-refractivity contribution in [1.82, 2.24) is 9.97 Å². The number of thiazole rings is 1. The summed E-state index contributed by atoms with van der Waals surface area (Å²) < 4.78 is 0. The van der Waals surface area contributed by atoms with Crippen LogP contribution >= 0.6 is 23.1 Å². The molecule has 0 spiro atoms. The molecular formula is C22H24N4O2S2. The molecule has 8 heteroatoms. The van der Waals surface area contributed by atoms with Crippen molar-refractivity contribution < 1.29 is 9.59 Å². The number of aryl methyl sites for hydroxylation is 2. The fourth-order valence-electron chi connectivity index (χ4n) is 2.91. The first-order valence-electron chi connectivity index (χ1n) is 9.78. The molecule has 156 valence electrons. The van der Waals surface area contributed by atoms with Crippen molar-refractivity contribution in [3.8, 4) is 0 Å². The first-order chi connectivity index (χ1) is 14.5. The standard InChI is InChI=1S/C22H24N4O2S2/c1-3-6-17-18(4-2)30-22(25-17)26-20(28)16-7-5-12-24-21(16)29-13-14-8-10-15(11-9-14)19(23)27/h5,7-12H,3-4,6,13H2,1-2H3,(H2,23,27)(H,25,26,28). The molecule has 3 aromatic rings. The Bertz CT molecular complexity index is 1030. The second-order valence-electron chi connectivity index (χ2n) is 6.65. The summed E-state index contributed by atoms with van der Waals surface area (Å²) in [5.74, 6) is -0.0451. The van der Waals surface area contributed by atoms with Gasteiger partial charge in [0.05, 0.1) is 11.3 Å². The van der Waals surface area contributed by atoms with E-state index in [0.29, 0.717) is 27.0 Å². The number of nitrogens with one attached hydrogen (secondary N) is 1. The third kappa shape index (κ3) is 5.46. The lowest BCUT2D eigenvalue weighted by molar-refractivity contribution is 0.0997. The highest BCUT2D eigenvalue weighted by atomic mass is 32.2. The molecule has 0 radical (unpaired) electrons. The summed E-state index contributed by atoms with van der Waals surface area (Å²) in [5.41, 5.74) is 8.35. The smallest absolute Gasteiger partial charge is 0.260 e. The van der Waals surface area contributed by atoms with Gasteiger partial charge in [0, 0.05) is 22.4 Å². The predicted molar refractivity (Wildman–Crippen MR) is 122 cm³/mol. The van der Waals surface area contributed by atoms with Crippen LogP contribution in [-0.2, 0) is 18.6 Å². The number of thioether (sulfide) groups is 1. The van der Waals surface area contributed by atoms with E-state index in [9.17, 15) is 9.59 Å². The van der Waals surface area contributed by atoms with Crippen LogP contribution in [-0.4, -0.2) is 21.8 Å². The molecular weight excluding hydrogens is 416 g/mol. The van der Waals surface area contributed by atoms with Crippen LogP contribution in [0.25, 0.3) is 0 Å². The first-order valence-corrected chi connectivity index (χ1v) is 11.6. The largest absolute Gasteiger partial charge is 0.366 e. The van der Waals surface area contributed by atoms with Crippen molar-refractivity contribution in [2.75, 3.05) is 5.32 Å². The van der Waals surface area contributed by atoms with Crippen molar-refractivity contribution in [3.05, 3.63) is 69.9 Å². The summed E-state index contributed by atoms with van der Waals surface area (Å²) in [6.07, 6.45) is 4.52. The van der Waals surface area contributed by atoms with E-state index in [1.54, 1.807) is 30.5 Å². The molecule has 2 amide bonds. The van der Waals surface area contributed by atoms with Crippen molar-refractivity contribution in [3.63, 3.8) is 0 Å². The molecule has 0 aliphatic carbocycles. The van der Waals surface area contributed by atoms with Gasteiger partial charge in [0.1, 0.15) is 5.03 Å². The Morgan fingerprint density at radius 2 is 1.93 bits per heavy atom. The van der Waals surface area contributed by atoms with Crippen molar-refractivity contribution in [2.24, 2.45) is 5.73 Å². The van der Waals surface area contributed by atoms with Crippen LogP contribution in [0.3, 0.4) is 0 Å². The van der Waals surface area contributed by atoms with Crippen LogP contribution in [0, 0.1) is 0 Å². The number of pyridine rings is 1. The molecule has 0 aliphatic heterocycles. The Labute approximate surface area is 184 Å². The van der Waals surface area contributed by atoms with E-state index in [4.69, 9.17) is 5.73 Å². The molecule has 0 bridgehead atoms. The molecule has 0 saturated heterocycles. The number of primary amides is 1. The fraction of sp³-hybridized carbons (Fsp3) is 0.273. The lowest BCUT2D eigenvalue weighted by atomic mass is 10.1. The fourth-order valence-corrected chi connectivity index (χ4v) is 4.80. The summed E-state index contributed by atoms with van der Waals surface area (Å²) >= 11 is 3.00. The Morgan fingerprint density at radius 1 is 1.17 bits per heavy atom. The lowest BCUT2D eigenvalue weighted by Gasteiger charge is -2.08. The Balaban J connectivity index is 1.71. The van der Waals surface area contributed by atoms with Gasteiger partial charge in [0.15, 0.2) is 5.13 Å². The zero-order valence-electron chi connectivity index (χ0n) is 17.0. The second kappa shape index (κ2) is 10.4. The quantitative estimate of drug-likeness (QED) is 0.470. The summed E-state index contributed by atoms with van der Waals surface area (Å²) in [6, 6.07) is 10.6. The van der Waals surface area contributed by atoms with Gasteiger partial charge in [0.25, 0.3) is 5.91 Å². The Kier molecular flexibility index (Phi) is 7.59. The molecule has 1 aromatic carbocycles. The Hall–Kier alpha value is -2.71. The van der Waals surface area contributed by atoms with E-state index in [-0.39, 0.29) is 5.91 Å². The van der Waals surface area contributed by atoms with Gasteiger partial charge in [-0.3, -0.25) is 14.9 Å². The average Bonchev–Trinajstić information content (AvgIpc) is 3.14. The molecule has 0 unspecified atom stereocenters. The van der Waals surface area contributed by atoms with Crippen LogP contribution in [0.4, 0.5) is 5.13 Å². The third-order valence-corrected chi connectivity index (χ3v) is 6.67. The van der Waals surface area contributed by atoms with Gasteiger partial charge in [0.2, 0.25) is 5.91 Å². The summed E-state index contributed by atoms with van der Waals surface area (Å²) in [5, 5.41) is 4.21. The predicted octanol–water partition coefficient (Wildman–Crippen LogP) is 4.70. The van der Waals surface area contributed by atoms with Crippen LogP contribution in [0.15, 0.2) is 47.6 Å². The van der Waals surface area contributed by atoms with Gasteiger partial charge in [-0.15, -0.1) is 23.1 Å². The average molecular weight is 441 g/mol. The van der Waals surface area contributed by atoms with E-state index in [0.717, 1.165) is 30.5 Å². The monoisotopic (exact) mass is 440 g/mol. The highest BCUT2D eigenvalue weighted by Gasteiger charge is 2.16. The molecule has 30 heavy (non-hydrogen) atoms. The zero-order chi connectivity index (χ0) is 21.5. The maximum atomic E-state index is 12.9. The molecule has 3 rings (SSSR count). The molecule has 2 aromatic heterocycles. The minimum atomic E-state index is -0.451. The topological polar surface area (TPSA) is 98.0 Å². The van der Waals surface area contributed by atoms with Gasteiger partial charge in [-0.1, -0.05) is 32.4 Å². The summed E-state index contributed by atoms with van der Waals surface area (Å²) in [4.78, 5) is 34.3. The molecule has 0 saturated carbocycles. The first kappa shape index (κ1) is 22.0. The summed E-state index contributed by atoms with van der Waals surface area (Å²) in [7, 11) is 0. The number of rotatable bonds is 9. The number of anilines is 1. The number of benzene rings is 1. The van der Waals surface area contributed by atoms with E-state index in [1.165, 1.54) is 28.0 Å². The number of carbonyl (C=O) groups is 2. The minimum Gasteiger partial charge on any atom is -0.366 e. The van der Waals surface area contributed by atoms with Gasteiger partial charge >= 0.3 is 0 Å². The number of aromatic nitrogens is 2. The van der Waals surface area contributed by atoms with Crippen LogP contribution < -0.4 is 11.1 Å². The molecule has 0 fully saturated rings. The molecule has 0 aliphatic rings. The van der Waals surface area contributed by atoms with Crippen molar-refractivity contribution in [1.29, 1.82) is 0 Å². The molecule has 0 atom stereocenters. The maximum Gasteiger partial charge on any atom is 0.260 e. The van der Waals surface area contributed by atoms with Gasteiger partial charge < -0.3 is 5.73 Å². The van der Waals surface area contributed by atoms with Crippen molar-refractivity contribution in [2.45, 2.75) is 43.9 Å². The van der Waals surface area contributed by atoms with Gasteiger partial charge in [-0.2, -0.15) is 0 Å². The van der Waals surface area contributed by atoms with E-state index < -0.39 is 5.91 Å². The SMILES string of the molecule is CCCc1nc(NC(=O)c2cccnc2SCc2ccc(C(N)=O)cc2)sc1CC. The van der Waals surface area contributed by atoms with Crippen LogP contribution in [0.1, 0.15) is 57.1 Å². The second-order valence-corrected chi connectivity index (χ2v) is 8.70. The van der Waals surface area contributed by atoms with Gasteiger partial charge in [-0.05, 0) is 42.7 Å². The van der Waals surface area contributed by atoms with Crippen LogP contribution in [0.2, 0.25) is 0 Å². The number of amides is 2. The minimum absolute atomic E-state index is 0.214. The van der Waals surface area contributed by atoms with E-state index >= 15 is 0 Å². The molecule has 6 nitrogen and oxygen atoms in total. The Morgan fingerprint density at radius 3 is 2.60 bits per heavy atom. The van der Waals surface area contributed by atoms with E-state index in [2.05, 4.69) is 29.1 Å². The molecule has 3 N–H and O–H groups in total. The van der Waals surface area contributed by atoms with Gasteiger partial charge in [-0.25, -0.2) is 9.97 Å². The number of carbonyl (C=O) groups excluding carboxylic acids is 2. The summed E-state index contributed by atoms with van der Waals surface area (Å²) in [6.45, 7) is 4.22. The number of hydrogen-bond acceptors (Lipinski definition) is 6. The number of nitrogens with zero attached hydrogens (tertiary/aromatic N) is 2. The lowest BCUT2D eigenvalue weighted by Crippen LogP contribution is -2.13. The maximum absolute atomic E-state index is 12.9. The van der Waals surface area contributed by atoms with Crippen molar-refractivity contribution >= 4 is 40.0 Å². The van der Waals surface area contributed by atoms with Crippen LogP contribution in [0.5, 0.6) is 0 Å².